The molecule has 0 atom stereocenters. The van der Waals surface area contributed by atoms with Crippen LogP contribution in [0.1, 0.15) is 63.9 Å². The number of carbonyl (C=O) groups is 2. The number of carbonyl (C=O) groups excluding carboxylic acids is 2. The summed E-state index contributed by atoms with van der Waals surface area (Å²) >= 11 is 3.46. The summed E-state index contributed by atoms with van der Waals surface area (Å²) in [6, 6.07) is 0.420. The normalized spacial score (nSPS) is 21.4. The molecule has 1 N–H and O–H groups in total. The van der Waals surface area contributed by atoms with E-state index in [1.165, 1.54) is 0 Å². The van der Waals surface area contributed by atoms with E-state index in [0.717, 1.165) is 30.2 Å². The Morgan fingerprint density at radius 2 is 1.88 bits per heavy atom. The molecule has 0 saturated heterocycles. The molecule has 134 valence electrons. The van der Waals surface area contributed by atoms with Crippen molar-refractivity contribution in [3.63, 3.8) is 0 Å². The Morgan fingerprint density at radius 1 is 1.29 bits per heavy atom. The molecule has 1 aliphatic carbocycles. The summed E-state index contributed by atoms with van der Waals surface area (Å²) in [6.45, 7) is 7.69. The second kappa shape index (κ2) is 7.25. The third-order valence-corrected chi connectivity index (χ3v) is 5.11. The number of nitrogens with zero attached hydrogens (tertiary/aromatic N) is 3. The van der Waals surface area contributed by atoms with Crippen molar-refractivity contribution in [1.82, 2.24) is 20.0 Å². The van der Waals surface area contributed by atoms with E-state index < -0.39 is 0 Å². The predicted octanol–water partition coefficient (Wildman–Crippen LogP) is 2.92. The van der Waals surface area contributed by atoms with Gasteiger partial charge in [-0.25, -0.2) is 0 Å². The second-order valence-electron chi connectivity index (χ2n) is 7.56. The lowest BCUT2D eigenvalue weighted by molar-refractivity contribution is -0.119. The molecule has 1 aliphatic rings. The molecule has 2 rings (SSSR count). The highest BCUT2D eigenvalue weighted by molar-refractivity contribution is 9.10. The highest BCUT2D eigenvalue weighted by Crippen LogP contribution is 2.26. The standard InChI is InChI=1S/C17H27BrN4O2/c1-11(23)19-12-6-8-13(9-7-12)21(5)16(24)15-14(18)10-22(20-15)17(2,3)4/h10,12-13H,6-9H2,1-5H3,(H,19,23). The van der Waals surface area contributed by atoms with Gasteiger partial charge in [0.1, 0.15) is 0 Å². The van der Waals surface area contributed by atoms with E-state index in [2.05, 4.69) is 26.3 Å². The van der Waals surface area contributed by atoms with Gasteiger partial charge in [0.15, 0.2) is 5.69 Å². The van der Waals surface area contributed by atoms with Crippen LogP contribution in [-0.2, 0) is 10.3 Å². The van der Waals surface area contributed by atoms with Crippen LogP contribution in [0.2, 0.25) is 0 Å². The smallest absolute Gasteiger partial charge is 0.275 e. The minimum atomic E-state index is -0.171. The number of hydrogen-bond donors (Lipinski definition) is 1. The number of amides is 2. The van der Waals surface area contributed by atoms with Gasteiger partial charge in [-0.15, -0.1) is 0 Å². The number of aromatic nitrogens is 2. The fourth-order valence-corrected chi connectivity index (χ4v) is 3.51. The van der Waals surface area contributed by atoms with Crippen LogP contribution in [0.25, 0.3) is 0 Å². The van der Waals surface area contributed by atoms with E-state index in [-0.39, 0.29) is 29.4 Å². The van der Waals surface area contributed by atoms with Gasteiger partial charge < -0.3 is 10.2 Å². The van der Waals surface area contributed by atoms with Crippen LogP contribution in [0.15, 0.2) is 10.7 Å². The average molecular weight is 399 g/mol. The first-order chi connectivity index (χ1) is 11.1. The third kappa shape index (κ3) is 4.37. The zero-order chi connectivity index (χ0) is 18.1. The van der Waals surface area contributed by atoms with Crippen molar-refractivity contribution in [2.75, 3.05) is 7.05 Å². The fraction of sp³-hybridized carbons (Fsp3) is 0.706. The molecule has 1 heterocycles. The van der Waals surface area contributed by atoms with E-state index in [0.29, 0.717) is 5.69 Å². The van der Waals surface area contributed by atoms with Crippen LogP contribution in [0.3, 0.4) is 0 Å². The second-order valence-corrected chi connectivity index (χ2v) is 8.42. The largest absolute Gasteiger partial charge is 0.354 e. The van der Waals surface area contributed by atoms with Crippen molar-refractivity contribution < 1.29 is 9.59 Å². The van der Waals surface area contributed by atoms with Crippen molar-refractivity contribution in [1.29, 1.82) is 0 Å². The number of nitrogens with one attached hydrogen (secondary N) is 1. The van der Waals surface area contributed by atoms with Gasteiger partial charge in [-0.1, -0.05) is 0 Å². The summed E-state index contributed by atoms with van der Waals surface area (Å²) in [5, 5.41) is 7.44. The molecule has 0 unspecified atom stereocenters. The molecule has 1 aromatic rings. The molecular weight excluding hydrogens is 372 g/mol. The first kappa shape index (κ1) is 19.0. The van der Waals surface area contributed by atoms with Crippen LogP contribution in [0.5, 0.6) is 0 Å². The van der Waals surface area contributed by atoms with Crippen molar-refractivity contribution >= 4 is 27.7 Å². The van der Waals surface area contributed by atoms with Gasteiger partial charge in [0.25, 0.3) is 5.91 Å². The Labute approximate surface area is 152 Å². The quantitative estimate of drug-likeness (QED) is 0.850. The topological polar surface area (TPSA) is 67.2 Å². The van der Waals surface area contributed by atoms with Gasteiger partial charge in [-0.3, -0.25) is 14.3 Å². The van der Waals surface area contributed by atoms with Gasteiger partial charge in [0, 0.05) is 32.3 Å². The van der Waals surface area contributed by atoms with Crippen molar-refractivity contribution in [3.8, 4) is 0 Å². The van der Waals surface area contributed by atoms with Crippen LogP contribution < -0.4 is 5.32 Å². The predicted molar refractivity (Wildman–Crippen MR) is 96.9 cm³/mol. The molecule has 24 heavy (non-hydrogen) atoms. The van der Waals surface area contributed by atoms with E-state index in [1.54, 1.807) is 11.8 Å². The summed E-state index contributed by atoms with van der Waals surface area (Å²) < 4.78 is 2.53. The lowest BCUT2D eigenvalue weighted by atomic mass is 9.90. The van der Waals surface area contributed by atoms with Crippen LogP contribution >= 0.6 is 15.9 Å². The Bertz CT molecular complexity index is 613. The van der Waals surface area contributed by atoms with Crippen molar-refractivity contribution in [3.05, 3.63) is 16.4 Å². The maximum atomic E-state index is 12.8. The van der Waals surface area contributed by atoms with Gasteiger partial charge in [0.05, 0.1) is 10.0 Å². The third-order valence-electron chi connectivity index (χ3n) is 4.53. The van der Waals surface area contributed by atoms with E-state index >= 15 is 0 Å². The van der Waals surface area contributed by atoms with E-state index in [1.807, 2.05) is 38.7 Å². The fourth-order valence-electron chi connectivity index (χ4n) is 3.07. The molecule has 6 nitrogen and oxygen atoms in total. The molecular formula is C17H27BrN4O2. The Hall–Kier alpha value is -1.37. The summed E-state index contributed by atoms with van der Waals surface area (Å²) in [6.07, 6.45) is 5.45. The minimum absolute atomic E-state index is 0.0135. The van der Waals surface area contributed by atoms with Gasteiger partial charge >= 0.3 is 0 Å². The Balaban J connectivity index is 2.03. The summed E-state index contributed by atoms with van der Waals surface area (Å²) in [5.74, 6) is -0.0487. The molecule has 1 aromatic heterocycles. The SMILES string of the molecule is CC(=O)NC1CCC(N(C)C(=O)c2nn(C(C)(C)C)cc2Br)CC1. The van der Waals surface area contributed by atoms with Gasteiger partial charge in [-0.2, -0.15) is 5.10 Å². The number of hydrogen-bond acceptors (Lipinski definition) is 3. The molecule has 0 spiro atoms. The van der Waals surface area contributed by atoms with Crippen LogP contribution in [0, 0.1) is 0 Å². The zero-order valence-corrected chi connectivity index (χ0v) is 16.7. The zero-order valence-electron chi connectivity index (χ0n) is 15.1. The summed E-state index contributed by atoms with van der Waals surface area (Å²) in [4.78, 5) is 25.8. The summed E-state index contributed by atoms with van der Waals surface area (Å²) in [5.41, 5.74) is 0.284. The lowest BCUT2D eigenvalue weighted by Crippen LogP contribution is -2.44. The maximum Gasteiger partial charge on any atom is 0.275 e. The number of halogens is 1. The molecule has 2 amide bonds. The molecule has 7 heteroatoms. The Kier molecular flexibility index (Phi) is 5.73. The Morgan fingerprint density at radius 3 is 2.33 bits per heavy atom. The van der Waals surface area contributed by atoms with Crippen molar-refractivity contribution in [2.24, 2.45) is 0 Å². The maximum absolute atomic E-state index is 12.8. The summed E-state index contributed by atoms with van der Waals surface area (Å²) in [7, 11) is 1.84. The van der Waals surface area contributed by atoms with Gasteiger partial charge in [0.2, 0.25) is 5.91 Å². The average Bonchev–Trinajstić information content (AvgIpc) is 2.88. The molecule has 0 radical (unpaired) electrons. The molecule has 0 bridgehead atoms. The molecule has 0 aromatic carbocycles. The van der Waals surface area contributed by atoms with Crippen LogP contribution in [-0.4, -0.2) is 45.6 Å². The minimum Gasteiger partial charge on any atom is -0.354 e. The molecule has 1 saturated carbocycles. The highest BCUT2D eigenvalue weighted by atomic mass is 79.9. The first-order valence-electron chi connectivity index (χ1n) is 8.39. The van der Waals surface area contributed by atoms with Crippen molar-refractivity contribution in [2.45, 2.75) is 71.0 Å². The first-order valence-corrected chi connectivity index (χ1v) is 9.19. The van der Waals surface area contributed by atoms with E-state index in [9.17, 15) is 9.59 Å². The lowest BCUT2D eigenvalue weighted by Gasteiger charge is -2.34. The molecule has 0 aliphatic heterocycles. The number of rotatable bonds is 3. The van der Waals surface area contributed by atoms with E-state index in [4.69, 9.17) is 0 Å². The van der Waals surface area contributed by atoms with Gasteiger partial charge in [-0.05, 0) is 62.4 Å². The highest BCUT2D eigenvalue weighted by Gasteiger charge is 2.30. The van der Waals surface area contributed by atoms with Crippen LogP contribution in [0.4, 0.5) is 0 Å². The monoisotopic (exact) mass is 398 g/mol. The molecule has 1 fully saturated rings.